The van der Waals surface area contributed by atoms with Crippen molar-refractivity contribution in [1.29, 1.82) is 0 Å². The summed E-state index contributed by atoms with van der Waals surface area (Å²) in [6.45, 7) is 2.69. The second-order valence-corrected chi connectivity index (χ2v) is 4.40. The van der Waals surface area contributed by atoms with Crippen LogP contribution in [0.4, 0.5) is 5.69 Å². The van der Waals surface area contributed by atoms with Crippen LogP contribution in [-0.4, -0.2) is 20.2 Å². The first-order valence-corrected chi connectivity index (χ1v) is 6.15. The molecule has 0 saturated heterocycles. The van der Waals surface area contributed by atoms with E-state index in [4.69, 9.17) is 0 Å². The molecule has 0 unspecified atom stereocenters. The van der Waals surface area contributed by atoms with Gasteiger partial charge in [0.25, 0.3) is 0 Å². The standard InChI is InChI=1S/C14H15N5/c1-10-15-8-13(18-10)9-16-12-4-2-11(3-5-12)14-6-7-17-19-14/h2-8,16H,9H2,1H3,(H,15,18)(H,17,19). The Balaban J connectivity index is 1.66. The SMILES string of the molecule is Cc1ncc(CNc2ccc(-c3ccn[nH]3)cc2)[nH]1. The Morgan fingerprint density at radius 1 is 1.16 bits per heavy atom. The summed E-state index contributed by atoms with van der Waals surface area (Å²) in [4.78, 5) is 7.36. The van der Waals surface area contributed by atoms with Gasteiger partial charge in [0.2, 0.25) is 0 Å². The number of H-pyrrole nitrogens is 2. The summed E-state index contributed by atoms with van der Waals surface area (Å²) in [5.74, 6) is 0.936. The number of nitrogens with zero attached hydrogens (tertiary/aromatic N) is 2. The topological polar surface area (TPSA) is 69.4 Å². The van der Waals surface area contributed by atoms with Gasteiger partial charge in [-0.05, 0) is 30.7 Å². The summed E-state index contributed by atoms with van der Waals surface area (Å²) in [5, 5.41) is 10.2. The number of rotatable bonds is 4. The van der Waals surface area contributed by atoms with Crippen LogP contribution in [0.1, 0.15) is 11.5 Å². The van der Waals surface area contributed by atoms with E-state index < -0.39 is 0 Å². The lowest BCUT2D eigenvalue weighted by Crippen LogP contribution is -1.99. The summed E-state index contributed by atoms with van der Waals surface area (Å²) in [6.07, 6.45) is 3.60. The van der Waals surface area contributed by atoms with Gasteiger partial charge in [0.05, 0.1) is 24.1 Å². The van der Waals surface area contributed by atoms with E-state index in [1.54, 1.807) is 6.20 Å². The summed E-state index contributed by atoms with van der Waals surface area (Å²) >= 11 is 0. The fourth-order valence-electron chi connectivity index (χ4n) is 1.94. The molecule has 0 amide bonds. The number of aromatic nitrogens is 4. The highest BCUT2D eigenvalue weighted by atomic mass is 15.1. The van der Waals surface area contributed by atoms with Gasteiger partial charge in [-0.25, -0.2) is 4.98 Å². The van der Waals surface area contributed by atoms with Crippen molar-refractivity contribution in [3.63, 3.8) is 0 Å². The molecular formula is C14H15N5. The number of hydrogen-bond acceptors (Lipinski definition) is 3. The van der Waals surface area contributed by atoms with Gasteiger partial charge in [-0.2, -0.15) is 5.10 Å². The predicted molar refractivity (Wildman–Crippen MR) is 74.7 cm³/mol. The molecule has 1 aromatic carbocycles. The number of aromatic amines is 2. The molecule has 0 radical (unpaired) electrons. The maximum Gasteiger partial charge on any atom is 0.103 e. The number of nitrogens with one attached hydrogen (secondary N) is 3. The number of anilines is 1. The lowest BCUT2D eigenvalue weighted by Gasteiger charge is -2.05. The zero-order valence-electron chi connectivity index (χ0n) is 10.6. The quantitative estimate of drug-likeness (QED) is 0.669. The molecule has 0 aliphatic carbocycles. The summed E-state index contributed by atoms with van der Waals surface area (Å²) in [5.41, 5.74) is 4.31. The van der Waals surface area contributed by atoms with Crippen LogP contribution in [0.5, 0.6) is 0 Å². The Labute approximate surface area is 111 Å². The van der Waals surface area contributed by atoms with Crippen molar-refractivity contribution in [2.75, 3.05) is 5.32 Å². The van der Waals surface area contributed by atoms with Crippen LogP contribution >= 0.6 is 0 Å². The molecule has 0 bridgehead atoms. The summed E-state index contributed by atoms with van der Waals surface area (Å²) in [7, 11) is 0. The normalized spacial score (nSPS) is 10.6. The molecule has 5 heteroatoms. The first-order valence-electron chi connectivity index (χ1n) is 6.15. The van der Waals surface area contributed by atoms with E-state index in [9.17, 15) is 0 Å². The average molecular weight is 253 g/mol. The maximum atomic E-state index is 4.17. The molecule has 19 heavy (non-hydrogen) atoms. The van der Waals surface area contributed by atoms with E-state index in [1.807, 2.05) is 19.2 Å². The van der Waals surface area contributed by atoms with Crippen molar-refractivity contribution in [2.24, 2.45) is 0 Å². The molecule has 96 valence electrons. The van der Waals surface area contributed by atoms with Crippen LogP contribution in [0.3, 0.4) is 0 Å². The van der Waals surface area contributed by atoms with Crippen molar-refractivity contribution >= 4 is 5.69 Å². The van der Waals surface area contributed by atoms with E-state index in [0.29, 0.717) is 0 Å². The zero-order chi connectivity index (χ0) is 13.1. The molecule has 3 N–H and O–H groups in total. The average Bonchev–Trinajstić information content (AvgIpc) is 3.08. The Morgan fingerprint density at radius 3 is 2.63 bits per heavy atom. The minimum Gasteiger partial charge on any atom is -0.379 e. The molecular weight excluding hydrogens is 238 g/mol. The molecule has 5 nitrogen and oxygen atoms in total. The molecule has 2 aromatic heterocycles. The number of imidazole rings is 1. The second kappa shape index (κ2) is 4.97. The lowest BCUT2D eigenvalue weighted by molar-refractivity contribution is 1.05. The van der Waals surface area contributed by atoms with Gasteiger partial charge in [-0.1, -0.05) is 12.1 Å². The van der Waals surface area contributed by atoms with Crippen LogP contribution in [-0.2, 0) is 6.54 Å². The molecule has 0 saturated carbocycles. The monoisotopic (exact) mass is 253 g/mol. The van der Waals surface area contributed by atoms with Gasteiger partial charge in [0.1, 0.15) is 5.82 Å². The molecule has 2 heterocycles. The number of hydrogen-bond donors (Lipinski definition) is 3. The van der Waals surface area contributed by atoms with E-state index >= 15 is 0 Å². The van der Waals surface area contributed by atoms with Crippen molar-refractivity contribution in [3.05, 3.63) is 54.2 Å². The highest BCUT2D eigenvalue weighted by Crippen LogP contribution is 2.19. The zero-order valence-corrected chi connectivity index (χ0v) is 10.6. The molecule has 0 aliphatic rings. The van der Waals surface area contributed by atoms with E-state index in [-0.39, 0.29) is 0 Å². The second-order valence-electron chi connectivity index (χ2n) is 4.40. The van der Waals surface area contributed by atoms with Gasteiger partial charge in [0, 0.05) is 11.9 Å². The number of aryl methyl sites for hydroxylation is 1. The minimum atomic E-state index is 0.740. The molecule has 0 spiro atoms. The summed E-state index contributed by atoms with van der Waals surface area (Å²) < 4.78 is 0. The molecule has 0 atom stereocenters. The van der Waals surface area contributed by atoms with Crippen molar-refractivity contribution in [3.8, 4) is 11.3 Å². The highest BCUT2D eigenvalue weighted by Gasteiger charge is 2.00. The van der Waals surface area contributed by atoms with Crippen LogP contribution in [0.25, 0.3) is 11.3 Å². The predicted octanol–water partition coefficient (Wildman–Crippen LogP) is 2.72. The number of benzene rings is 1. The van der Waals surface area contributed by atoms with E-state index in [2.05, 4.69) is 49.7 Å². The van der Waals surface area contributed by atoms with Crippen LogP contribution in [0.15, 0.2) is 42.7 Å². The maximum absolute atomic E-state index is 4.17. The summed E-state index contributed by atoms with van der Waals surface area (Å²) in [6, 6.07) is 10.2. The van der Waals surface area contributed by atoms with Gasteiger partial charge in [-0.3, -0.25) is 5.10 Å². The minimum absolute atomic E-state index is 0.740. The Kier molecular flexibility index (Phi) is 3.02. The van der Waals surface area contributed by atoms with Gasteiger partial charge in [-0.15, -0.1) is 0 Å². The fraction of sp³-hybridized carbons (Fsp3) is 0.143. The van der Waals surface area contributed by atoms with Gasteiger partial charge >= 0.3 is 0 Å². The Bertz CT molecular complexity index is 637. The third-order valence-corrected chi connectivity index (χ3v) is 2.94. The first kappa shape index (κ1) is 11.5. The molecule has 3 aromatic rings. The van der Waals surface area contributed by atoms with Crippen molar-refractivity contribution in [1.82, 2.24) is 20.2 Å². The Hall–Kier alpha value is -2.56. The smallest absolute Gasteiger partial charge is 0.103 e. The third-order valence-electron chi connectivity index (χ3n) is 2.94. The Morgan fingerprint density at radius 2 is 2.00 bits per heavy atom. The first-order chi connectivity index (χ1) is 9.31. The largest absolute Gasteiger partial charge is 0.379 e. The van der Waals surface area contributed by atoms with Gasteiger partial charge < -0.3 is 10.3 Å². The van der Waals surface area contributed by atoms with Crippen molar-refractivity contribution < 1.29 is 0 Å². The van der Waals surface area contributed by atoms with E-state index in [1.165, 1.54) is 0 Å². The van der Waals surface area contributed by atoms with Gasteiger partial charge in [0.15, 0.2) is 0 Å². The molecule has 3 rings (SSSR count). The molecule has 0 fully saturated rings. The third kappa shape index (κ3) is 2.65. The fourth-order valence-corrected chi connectivity index (χ4v) is 1.94. The van der Waals surface area contributed by atoms with Crippen LogP contribution < -0.4 is 5.32 Å². The van der Waals surface area contributed by atoms with Crippen LogP contribution in [0.2, 0.25) is 0 Å². The van der Waals surface area contributed by atoms with E-state index in [0.717, 1.165) is 35.0 Å². The van der Waals surface area contributed by atoms with Crippen molar-refractivity contribution in [2.45, 2.75) is 13.5 Å². The lowest BCUT2D eigenvalue weighted by atomic mass is 10.1. The molecule has 0 aliphatic heterocycles. The van der Waals surface area contributed by atoms with Crippen LogP contribution in [0, 0.1) is 6.92 Å². The highest BCUT2D eigenvalue weighted by molar-refractivity contribution is 5.62.